The summed E-state index contributed by atoms with van der Waals surface area (Å²) >= 11 is 0. The number of likely N-dealkylation sites (N-methyl/N-ethyl adjacent to an activating group) is 1. The third-order valence-electron chi connectivity index (χ3n) is 4.31. The normalized spacial score (nSPS) is 29.8. The third kappa shape index (κ3) is 2.35. The number of nitrogens with two attached hydrogens (primary N) is 1. The summed E-state index contributed by atoms with van der Waals surface area (Å²) in [6, 6.07) is 0. The largest absolute Gasteiger partial charge is 0.329 e. The highest BCUT2D eigenvalue weighted by molar-refractivity contribution is 5.00. The lowest BCUT2D eigenvalue weighted by molar-refractivity contribution is 0.0939. The second kappa shape index (κ2) is 4.40. The smallest absolute Gasteiger partial charge is 0.0332 e. The molecule has 0 aromatic carbocycles. The maximum Gasteiger partial charge on any atom is 0.0332 e. The average Bonchev–Trinajstić information content (AvgIpc) is 3.03. The molecule has 0 radical (unpaired) electrons. The van der Waals surface area contributed by atoms with E-state index in [-0.39, 0.29) is 5.54 Å². The molecule has 88 valence electrons. The van der Waals surface area contributed by atoms with Crippen molar-refractivity contribution in [3.8, 4) is 0 Å². The summed E-state index contributed by atoms with van der Waals surface area (Å²) < 4.78 is 0. The van der Waals surface area contributed by atoms with E-state index < -0.39 is 0 Å². The zero-order valence-corrected chi connectivity index (χ0v) is 10.2. The van der Waals surface area contributed by atoms with Gasteiger partial charge in [0.05, 0.1) is 0 Å². The second-order valence-electron chi connectivity index (χ2n) is 5.48. The van der Waals surface area contributed by atoms with Gasteiger partial charge in [0.15, 0.2) is 0 Å². The Labute approximate surface area is 93.6 Å². The zero-order valence-electron chi connectivity index (χ0n) is 10.2. The molecule has 0 spiro atoms. The fourth-order valence-corrected chi connectivity index (χ4v) is 2.82. The van der Waals surface area contributed by atoms with Crippen molar-refractivity contribution >= 4 is 0 Å². The standard InChI is InChI=1S/C12H25N3/c1-12(10-13,11-4-5-11)15-7-3-6-14(2)8-9-15/h11H,3-10,13H2,1-2H3. The lowest BCUT2D eigenvalue weighted by Crippen LogP contribution is -2.54. The number of rotatable bonds is 3. The van der Waals surface area contributed by atoms with E-state index in [1.807, 2.05) is 0 Å². The summed E-state index contributed by atoms with van der Waals surface area (Å²) in [6.07, 6.45) is 4.07. The molecule has 15 heavy (non-hydrogen) atoms. The van der Waals surface area contributed by atoms with Crippen molar-refractivity contribution in [3.63, 3.8) is 0 Å². The Bertz CT molecular complexity index is 215. The van der Waals surface area contributed by atoms with Gasteiger partial charge in [-0.3, -0.25) is 4.90 Å². The molecule has 2 rings (SSSR count). The highest BCUT2D eigenvalue weighted by atomic mass is 15.3. The Kier molecular flexibility index (Phi) is 3.33. The molecule has 3 heteroatoms. The van der Waals surface area contributed by atoms with Crippen molar-refractivity contribution in [2.24, 2.45) is 11.7 Å². The highest BCUT2D eigenvalue weighted by Crippen LogP contribution is 2.42. The molecule has 0 aromatic rings. The van der Waals surface area contributed by atoms with Gasteiger partial charge in [-0.15, -0.1) is 0 Å². The van der Waals surface area contributed by atoms with E-state index in [2.05, 4.69) is 23.8 Å². The summed E-state index contributed by atoms with van der Waals surface area (Å²) in [5, 5.41) is 0. The SMILES string of the molecule is CN1CCCN(C(C)(CN)C2CC2)CC1. The van der Waals surface area contributed by atoms with Crippen molar-refractivity contribution in [3.05, 3.63) is 0 Å². The molecule has 1 aliphatic heterocycles. The van der Waals surface area contributed by atoms with Gasteiger partial charge < -0.3 is 10.6 Å². The van der Waals surface area contributed by atoms with E-state index in [1.54, 1.807) is 0 Å². The van der Waals surface area contributed by atoms with Crippen LogP contribution in [0, 0.1) is 5.92 Å². The number of hydrogen-bond acceptors (Lipinski definition) is 3. The molecule has 1 unspecified atom stereocenters. The van der Waals surface area contributed by atoms with Crippen molar-refractivity contribution in [2.45, 2.75) is 31.7 Å². The molecule has 0 bridgehead atoms. The van der Waals surface area contributed by atoms with Crippen LogP contribution in [0.2, 0.25) is 0 Å². The Morgan fingerprint density at radius 3 is 2.53 bits per heavy atom. The molecule has 0 aromatic heterocycles. The van der Waals surface area contributed by atoms with Crippen molar-refractivity contribution in [2.75, 3.05) is 39.8 Å². The Balaban J connectivity index is 2.00. The van der Waals surface area contributed by atoms with Gasteiger partial charge in [0.2, 0.25) is 0 Å². The predicted molar refractivity (Wildman–Crippen MR) is 63.9 cm³/mol. The molecule has 2 fully saturated rings. The summed E-state index contributed by atoms with van der Waals surface area (Å²) in [7, 11) is 2.22. The van der Waals surface area contributed by atoms with Gasteiger partial charge in [0.25, 0.3) is 0 Å². The Morgan fingerprint density at radius 2 is 1.93 bits per heavy atom. The molecule has 0 amide bonds. The van der Waals surface area contributed by atoms with Crippen LogP contribution < -0.4 is 5.73 Å². The molecule has 1 atom stereocenters. The van der Waals surface area contributed by atoms with Gasteiger partial charge in [-0.1, -0.05) is 0 Å². The topological polar surface area (TPSA) is 32.5 Å². The van der Waals surface area contributed by atoms with E-state index in [1.165, 1.54) is 45.4 Å². The van der Waals surface area contributed by atoms with Gasteiger partial charge in [-0.2, -0.15) is 0 Å². The fraction of sp³-hybridized carbons (Fsp3) is 1.00. The second-order valence-corrected chi connectivity index (χ2v) is 5.48. The van der Waals surface area contributed by atoms with Crippen molar-refractivity contribution in [1.82, 2.24) is 9.80 Å². The Morgan fingerprint density at radius 1 is 1.20 bits per heavy atom. The predicted octanol–water partition coefficient (Wildman–Crippen LogP) is 0.751. The lowest BCUT2D eigenvalue weighted by Gasteiger charge is -2.40. The molecule has 1 saturated carbocycles. The van der Waals surface area contributed by atoms with Gasteiger partial charge in [0.1, 0.15) is 0 Å². The first-order valence-electron chi connectivity index (χ1n) is 6.30. The first-order chi connectivity index (χ1) is 7.16. The molecule has 2 N–H and O–H groups in total. The van der Waals surface area contributed by atoms with E-state index in [9.17, 15) is 0 Å². The molecular formula is C12H25N3. The molecule has 2 aliphatic rings. The lowest BCUT2D eigenvalue weighted by atomic mass is 9.93. The van der Waals surface area contributed by atoms with E-state index in [4.69, 9.17) is 5.73 Å². The van der Waals surface area contributed by atoms with Crippen LogP contribution in [0.1, 0.15) is 26.2 Å². The van der Waals surface area contributed by atoms with Gasteiger partial charge in [0, 0.05) is 31.7 Å². The minimum Gasteiger partial charge on any atom is -0.329 e. The molecule has 1 heterocycles. The number of nitrogens with zero attached hydrogens (tertiary/aromatic N) is 2. The van der Waals surface area contributed by atoms with E-state index >= 15 is 0 Å². The van der Waals surface area contributed by atoms with Crippen LogP contribution >= 0.6 is 0 Å². The number of hydrogen-bond donors (Lipinski definition) is 1. The zero-order chi connectivity index (χ0) is 10.9. The van der Waals surface area contributed by atoms with Crippen molar-refractivity contribution < 1.29 is 0 Å². The van der Waals surface area contributed by atoms with Crippen molar-refractivity contribution in [1.29, 1.82) is 0 Å². The minimum atomic E-state index is 0.283. The molecule has 1 aliphatic carbocycles. The van der Waals surface area contributed by atoms with Crippen LogP contribution in [0.25, 0.3) is 0 Å². The third-order valence-corrected chi connectivity index (χ3v) is 4.31. The minimum absolute atomic E-state index is 0.283. The Hall–Kier alpha value is -0.120. The average molecular weight is 211 g/mol. The quantitative estimate of drug-likeness (QED) is 0.748. The summed E-state index contributed by atoms with van der Waals surface area (Å²) in [5.74, 6) is 0.867. The van der Waals surface area contributed by atoms with Crippen LogP contribution in [-0.2, 0) is 0 Å². The first kappa shape index (κ1) is 11.4. The first-order valence-corrected chi connectivity index (χ1v) is 6.30. The van der Waals surface area contributed by atoms with Crippen LogP contribution in [0.3, 0.4) is 0 Å². The van der Waals surface area contributed by atoms with E-state index in [0.717, 1.165) is 12.5 Å². The van der Waals surface area contributed by atoms with Crippen LogP contribution in [-0.4, -0.2) is 55.1 Å². The highest BCUT2D eigenvalue weighted by Gasteiger charge is 2.44. The molecule has 3 nitrogen and oxygen atoms in total. The van der Waals surface area contributed by atoms with Gasteiger partial charge in [-0.05, 0) is 45.7 Å². The molecular weight excluding hydrogens is 186 g/mol. The maximum atomic E-state index is 6.01. The monoisotopic (exact) mass is 211 g/mol. The van der Waals surface area contributed by atoms with Gasteiger partial charge in [-0.25, -0.2) is 0 Å². The fourth-order valence-electron chi connectivity index (χ4n) is 2.82. The summed E-state index contributed by atoms with van der Waals surface area (Å²) in [6.45, 7) is 8.05. The van der Waals surface area contributed by atoms with Crippen LogP contribution in [0.5, 0.6) is 0 Å². The summed E-state index contributed by atoms with van der Waals surface area (Å²) in [5.41, 5.74) is 6.29. The maximum absolute atomic E-state index is 6.01. The molecule has 1 saturated heterocycles. The van der Waals surface area contributed by atoms with Gasteiger partial charge >= 0.3 is 0 Å². The van der Waals surface area contributed by atoms with E-state index in [0.29, 0.717) is 0 Å². The van der Waals surface area contributed by atoms with Crippen LogP contribution in [0.4, 0.5) is 0 Å². The van der Waals surface area contributed by atoms with Crippen LogP contribution in [0.15, 0.2) is 0 Å². The summed E-state index contributed by atoms with van der Waals surface area (Å²) in [4.78, 5) is 5.08.